The summed E-state index contributed by atoms with van der Waals surface area (Å²) in [6.07, 6.45) is -4.35. The van der Waals surface area contributed by atoms with Crippen LogP contribution >= 0.6 is 0 Å². The maximum atomic E-state index is 13.1. The number of hydrogen-bond acceptors (Lipinski definition) is 3. The van der Waals surface area contributed by atoms with E-state index < -0.39 is 18.2 Å². The smallest absolute Gasteiger partial charge is 0.397 e. The molecule has 0 aliphatic rings. The fraction of sp³-hybridized carbons (Fsp3) is 0.292. The number of rotatable bonds is 5. The van der Waals surface area contributed by atoms with Crippen molar-refractivity contribution in [1.29, 1.82) is 0 Å². The van der Waals surface area contributed by atoms with Crippen molar-refractivity contribution in [2.75, 3.05) is 12.3 Å². The number of nitrogens with zero attached hydrogens (tertiary/aromatic N) is 1. The van der Waals surface area contributed by atoms with Crippen LogP contribution in [0.15, 0.2) is 54.6 Å². The van der Waals surface area contributed by atoms with E-state index in [2.05, 4.69) is 4.98 Å². The molecule has 2 N–H and O–H groups in total. The lowest BCUT2D eigenvalue weighted by atomic mass is 9.93. The van der Waals surface area contributed by atoms with Gasteiger partial charge in [-0.05, 0) is 68.7 Å². The molecule has 0 saturated carbocycles. The lowest BCUT2D eigenvalue weighted by Crippen LogP contribution is -2.37. The predicted molar refractivity (Wildman–Crippen MR) is 114 cm³/mol. The summed E-state index contributed by atoms with van der Waals surface area (Å²) in [7, 11) is 0. The number of aryl methyl sites for hydroxylation is 2. The molecule has 0 spiro atoms. The maximum Gasteiger partial charge on any atom is 0.397 e. The van der Waals surface area contributed by atoms with Gasteiger partial charge in [0.15, 0.2) is 0 Å². The van der Waals surface area contributed by atoms with Crippen molar-refractivity contribution >= 4 is 5.82 Å². The highest BCUT2D eigenvalue weighted by atomic mass is 19.4. The highest BCUT2D eigenvalue weighted by molar-refractivity contribution is 5.84. The molecule has 0 aliphatic carbocycles. The Morgan fingerprint density at radius 2 is 1.57 bits per heavy atom. The van der Waals surface area contributed by atoms with Gasteiger partial charge in [0.25, 0.3) is 0 Å². The van der Waals surface area contributed by atoms with Crippen LogP contribution in [0.4, 0.5) is 19.0 Å². The van der Waals surface area contributed by atoms with Crippen LogP contribution in [0.3, 0.4) is 0 Å². The van der Waals surface area contributed by atoms with E-state index in [1.165, 1.54) is 0 Å². The van der Waals surface area contributed by atoms with Gasteiger partial charge in [-0.25, -0.2) is 4.98 Å². The van der Waals surface area contributed by atoms with Crippen LogP contribution in [0.5, 0.6) is 5.75 Å². The van der Waals surface area contributed by atoms with Crippen LogP contribution in [-0.2, 0) is 0 Å². The molecule has 0 saturated heterocycles. The van der Waals surface area contributed by atoms with Crippen molar-refractivity contribution in [1.82, 2.24) is 4.98 Å². The summed E-state index contributed by atoms with van der Waals surface area (Å²) in [5.41, 5.74) is 9.50. The van der Waals surface area contributed by atoms with Gasteiger partial charge in [-0.1, -0.05) is 30.3 Å². The van der Waals surface area contributed by atoms with E-state index in [0.717, 1.165) is 47.4 Å². The first-order chi connectivity index (χ1) is 14.0. The van der Waals surface area contributed by atoms with Crippen LogP contribution in [0, 0.1) is 19.3 Å². The van der Waals surface area contributed by atoms with Gasteiger partial charge in [-0.3, -0.25) is 0 Å². The minimum absolute atomic E-state index is 0.370. The van der Waals surface area contributed by atoms with Crippen molar-refractivity contribution < 1.29 is 17.9 Å². The van der Waals surface area contributed by atoms with Crippen LogP contribution in [-0.4, -0.2) is 17.8 Å². The first-order valence-electron chi connectivity index (χ1n) is 9.63. The summed E-state index contributed by atoms with van der Waals surface area (Å²) in [6.45, 7) is 5.80. The van der Waals surface area contributed by atoms with E-state index in [1.54, 1.807) is 24.3 Å². The second-order valence-corrected chi connectivity index (χ2v) is 8.10. The molecule has 0 amide bonds. The molecule has 1 heterocycles. The molecule has 158 valence electrons. The molecule has 3 nitrogen and oxygen atoms in total. The number of hydrogen-bond donors (Lipinski definition) is 1. The minimum atomic E-state index is -4.35. The Kier molecular flexibility index (Phi) is 5.79. The molecule has 1 aromatic heterocycles. The minimum Gasteiger partial charge on any atom is -0.493 e. The zero-order valence-electron chi connectivity index (χ0n) is 17.5. The summed E-state index contributed by atoms with van der Waals surface area (Å²) < 4.78 is 44.9. The number of pyridine rings is 1. The summed E-state index contributed by atoms with van der Waals surface area (Å²) in [5, 5.41) is 0. The van der Waals surface area contributed by atoms with Crippen molar-refractivity contribution in [3.05, 3.63) is 65.7 Å². The van der Waals surface area contributed by atoms with E-state index in [0.29, 0.717) is 11.6 Å². The number of nitrogens with two attached hydrogens (primary N) is 1. The molecular weight excluding hydrogens is 389 g/mol. The number of nitrogen functional groups attached to an aromatic ring is 1. The molecule has 0 fully saturated rings. The van der Waals surface area contributed by atoms with Crippen LogP contribution < -0.4 is 10.5 Å². The molecule has 0 bridgehead atoms. The summed E-state index contributed by atoms with van der Waals surface area (Å²) in [6, 6.07) is 16.6. The zero-order chi connectivity index (χ0) is 22.1. The van der Waals surface area contributed by atoms with Crippen LogP contribution in [0.25, 0.3) is 22.4 Å². The molecule has 3 rings (SSSR count). The molecule has 0 radical (unpaired) electrons. The first-order valence-corrected chi connectivity index (χ1v) is 9.63. The van der Waals surface area contributed by atoms with Gasteiger partial charge in [0.1, 0.15) is 18.2 Å². The van der Waals surface area contributed by atoms with Crippen LogP contribution in [0.1, 0.15) is 25.0 Å². The van der Waals surface area contributed by atoms with E-state index in [4.69, 9.17) is 10.5 Å². The number of benzene rings is 2. The fourth-order valence-corrected chi connectivity index (χ4v) is 3.18. The molecule has 2 aromatic carbocycles. The Bertz CT molecular complexity index is 1040. The van der Waals surface area contributed by atoms with Gasteiger partial charge in [-0.15, -0.1) is 0 Å². The van der Waals surface area contributed by atoms with E-state index in [9.17, 15) is 13.2 Å². The first kappa shape index (κ1) is 21.7. The third-order valence-electron chi connectivity index (χ3n) is 5.15. The number of aromatic nitrogens is 1. The van der Waals surface area contributed by atoms with E-state index >= 15 is 0 Å². The Balaban J connectivity index is 2.01. The van der Waals surface area contributed by atoms with E-state index in [1.807, 2.05) is 44.2 Å². The van der Waals surface area contributed by atoms with Crippen molar-refractivity contribution in [2.45, 2.75) is 33.9 Å². The topological polar surface area (TPSA) is 48.1 Å². The molecular formula is C24H25F3N2O. The molecule has 6 heteroatoms. The Morgan fingerprint density at radius 1 is 0.933 bits per heavy atom. The van der Waals surface area contributed by atoms with Crippen molar-refractivity contribution in [3.63, 3.8) is 0 Å². The predicted octanol–water partition coefficient (Wildman–Crippen LogP) is 6.58. The van der Waals surface area contributed by atoms with Crippen molar-refractivity contribution in [2.24, 2.45) is 5.41 Å². The normalized spacial score (nSPS) is 12.1. The lowest BCUT2D eigenvalue weighted by molar-refractivity contribution is -0.219. The van der Waals surface area contributed by atoms with Gasteiger partial charge in [0.2, 0.25) is 0 Å². The summed E-state index contributed by atoms with van der Waals surface area (Å²) >= 11 is 0. The maximum absolute atomic E-state index is 13.1. The third kappa shape index (κ3) is 4.42. The average Bonchev–Trinajstić information content (AvgIpc) is 2.66. The van der Waals surface area contributed by atoms with Gasteiger partial charge >= 0.3 is 6.18 Å². The highest BCUT2D eigenvalue weighted by Crippen LogP contribution is 2.39. The Morgan fingerprint density at radius 3 is 2.20 bits per heavy atom. The monoisotopic (exact) mass is 414 g/mol. The summed E-state index contributed by atoms with van der Waals surface area (Å²) in [4.78, 5) is 4.58. The number of alkyl halides is 3. The molecule has 30 heavy (non-hydrogen) atoms. The lowest BCUT2D eigenvalue weighted by Gasteiger charge is -2.27. The number of halogens is 3. The van der Waals surface area contributed by atoms with Gasteiger partial charge < -0.3 is 10.5 Å². The Hall–Kier alpha value is -3.02. The fourth-order valence-electron chi connectivity index (χ4n) is 3.18. The van der Waals surface area contributed by atoms with Crippen molar-refractivity contribution in [3.8, 4) is 28.1 Å². The van der Waals surface area contributed by atoms with Gasteiger partial charge in [0.05, 0.1) is 11.1 Å². The third-order valence-corrected chi connectivity index (χ3v) is 5.15. The summed E-state index contributed by atoms with van der Waals surface area (Å²) in [5.74, 6) is 0.768. The second kappa shape index (κ2) is 8.01. The highest BCUT2D eigenvalue weighted by Gasteiger charge is 2.47. The van der Waals surface area contributed by atoms with Gasteiger partial charge in [-0.2, -0.15) is 13.2 Å². The number of ether oxygens (including phenoxy) is 1. The number of anilines is 1. The average molecular weight is 414 g/mol. The molecule has 0 aliphatic heterocycles. The second-order valence-electron chi connectivity index (χ2n) is 8.10. The quantitative estimate of drug-likeness (QED) is 0.513. The largest absolute Gasteiger partial charge is 0.493 e. The molecule has 0 unspecified atom stereocenters. The zero-order valence-corrected chi connectivity index (χ0v) is 17.5. The Labute approximate surface area is 174 Å². The molecule has 3 aromatic rings. The standard InChI is InChI=1S/C24H25F3N2O/c1-15-7-5-8-16(2)21(15)22-19(11-12-20(28)29-22)17-9-6-10-18(13-17)30-14-23(3,4)24(25,26)27/h5-13H,14H2,1-4H3,(H2,28,29). The van der Waals surface area contributed by atoms with Gasteiger partial charge in [0, 0.05) is 11.1 Å². The molecule has 0 atom stereocenters. The van der Waals surface area contributed by atoms with E-state index in [-0.39, 0.29) is 0 Å². The van der Waals surface area contributed by atoms with Crippen LogP contribution in [0.2, 0.25) is 0 Å². The SMILES string of the molecule is Cc1cccc(C)c1-c1nc(N)ccc1-c1cccc(OCC(C)(C)C(F)(F)F)c1.